The van der Waals surface area contributed by atoms with Gasteiger partial charge in [-0.25, -0.2) is 0 Å². The summed E-state index contributed by atoms with van der Waals surface area (Å²) in [6.07, 6.45) is 2.32. The fraction of sp³-hybridized carbons (Fsp3) is 0.842. The maximum Gasteiger partial charge on any atom is 0.308 e. The van der Waals surface area contributed by atoms with E-state index in [1.165, 1.54) is 6.42 Å². The monoisotopic (exact) mass is 678 g/mol. The molecule has 0 aromatic carbocycles. The van der Waals surface area contributed by atoms with Gasteiger partial charge in [-0.3, -0.25) is 9.59 Å². The standard InChI is InChI=1S/C38H66N2O8/c1-11-32-26(6)17-22(2)12-13-30(41)25(5)18-29(14-15-40-20-23(3)16-24(4)21-40)37(27(7)31(42)19-33(43)47-32)48-38-36(45)34(39(9)10)35(44)28(8)46-38/h12-13,17,23-29,31-32,34-38,42,44-45H,11,14-16,18-21H2,1-10H3/b13-12+,22-17+/t23-,24+,25-,26+,27+,28-,29+,31-,32-,34+,35-,36-,37-,38+/m1/s1. The second-order valence-corrected chi connectivity index (χ2v) is 15.7. The number of esters is 1. The van der Waals surface area contributed by atoms with Gasteiger partial charge in [-0.05, 0) is 84.0 Å². The summed E-state index contributed by atoms with van der Waals surface area (Å²) < 4.78 is 18.7. The Bertz CT molecular complexity index is 1090. The number of carbonyl (C=O) groups is 2. The van der Waals surface area contributed by atoms with Crippen LogP contribution in [-0.2, 0) is 23.8 Å². The second kappa shape index (κ2) is 18.5. The fourth-order valence-corrected chi connectivity index (χ4v) is 8.18. The van der Waals surface area contributed by atoms with E-state index in [1.807, 2.05) is 46.8 Å². The Labute approximate surface area is 289 Å². The minimum Gasteiger partial charge on any atom is -0.462 e. The normalized spacial score (nSPS) is 43.4. The van der Waals surface area contributed by atoms with Crippen LogP contribution in [0.1, 0.15) is 87.5 Å². The van der Waals surface area contributed by atoms with Crippen LogP contribution >= 0.6 is 0 Å². The molecule has 48 heavy (non-hydrogen) atoms. The van der Waals surface area contributed by atoms with Crippen molar-refractivity contribution in [3.05, 3.63) is 23.8 Å². The maximum atomic E-state index is 13.5. The third kappa shape index (κ3) is 11.2. The third-order valence-electron chi connectivity index (χ3n) is 10.9. The highest BCUT2D eigenvalue weighted by atomic mass is 16.7. The van der Waals surface area contributed by atoms with Gasteiger partial charge in [0, 0.05) is 30.8 Å². The molecule has 0 aromatic rings. The van der Waals surface area contributed by atoms with Crippen molar-refractivity contribution in [2.24, 2.45) is 35.5 Å². The second-order valence-electron chi connectivity index (χ2n) is 15.7. The largest absolute Gasteiger partial charge is 0.462 e. The van der Waals surface area contributed by atoms with Crippen molar-refractivity contribution in [3.8, 4) is 0 Å². The Morgan fingerprint density at radius 1 is 0.958 bits per heavy atom. The van der Waals surface area contributed by atoms with Crippen LogP contribution in [0.5, 0.6) is 0 Å². The molecule has 0 spiro atoms. The molecule has 3 aliphatic rings. The molecule has 10 heteroatoms. The average molecular weight is 679 g/mol. The van der Waals surface area contributed by atoms with E-state index in [0.717, 1.165) is 25.2 Å². The zero-order valence-electron chi connectivity index (χ0n) is 31.2. The van der Waals surface area contributed by atoms with Gasteiger partial charge >= 0.3 is 5.97 Å². The van der Waals surface area contributed by atoms with Crippen LogP contribution < -0.4 is 0 Å². The van der Waals surface area contributed by atoms with Gasteiger partial charge in [0.2, 0.25) is 0 Å². The van der Waals surface area contributed by atoms with E-state index in [9.17, 15) is 24.9 Å². The lowest BCUT2D eigenvalue weighted by atomic mass is 9.79. The Hall–Kier alpha value is -1.66. The number of likely N-dealkylation sites (N-methyl/N-ethyl adjacent to an activating group) is 1. The molecule has 3 aliphatic heterocycles. The first-order valence-electron chi connectivity index (χ1n) is 18.4. The molecule has 0 amide bonds. The Kier molecular flexibility index (Phi) is 15.7. The number of hydrogen-bond donors (Lipinski definition) is 3. The van der Waals surface area contributed by atoms with Crippen LogP contribution in [0.15, 0.2) is 23.8 Å². The number of allylic oxidation sites excluding steroid dienone is 3. The Morgan fingerprint density at radius 3 is 2.21 bits per heavy atom. The highest BCUT2D eigenvalue weighted by molar-refractivity contribution is 5.91. The van der Waals surface area contributed by atoms with Gasteiger partial charge in [-0.1, -0.05) is 59.3 Å². The molecule has 3 rings (SSSR count). The highest BCUT2D eigenvalue weighted by Crippen LogP contribution is 2.35. The topological polar surface area (TPSA) is 129 Å². The lowest BCUT2D eigenvalue weighted by Crippen LogP contribution is -2.63. The van der Waals surface area contributed by atoms with E-state index in [-0.39, 0.29) is 36.1 Å². The van der Waals surface area contributed by atoms with Crippen molar-refractivity contribution >= 4 is 11.8 Å². The van der Waals surface area contributed by atoms with Crippen LogP contribution in [0.3, 0.4) is 0 Å². The van der Waals surface area contributed by atoms with E-state index in [1.54, 1.807) is 32.0 Å². The number of cyclic esters (lactones) is 1. The number of hydrogen-bond acceptors (Lipinski definition) is 10. The van der Waals surface area contributed by atoms with E-state index in [4.69, 9.17) is 14.2 Å². The van der Waals surface area contributed by atoms with Crippen molar-refractivity contribution < 1.29 is 39.1 Å². The zero-order chi connectivity index (χ0) is 35.9. The summed E-state index contributed by atoms with van der Waals surface area (Å²) in [5.74, 6) is -0.486. The van der Waals surface area contributed by atoms with E-state index in [2.05, 4.69) is 18.7 Å². The lowest BCUT2D eigenvalue weighted by molar-refractivity contribution is -0.304. The number of nitrogens with zero attached hydrogens (tertiary/aromatic N) is 2. The Morgan fingerprint density at radius 2 is 1.60 bits per heavy atom. The van der Waals surface area contributed by atoms with Crippen LogP contribution in [0, 0.1) is 35.5 Å². The number of aliphatic hydroxyl groups is 3. The summed E-state index contributed by atoms with van der Waals surface area (Å²) in [7, 11) is 3.59. The first-order chi connectivity index (χ1) is 22.5. The molecule has 0 saturated carbocycles. The molecule has 3 heterocycles. The summed E-state index contributed by atoms with van der Waals surface area (Å²) in [6, 6.07) is -0.634. The highest BCUT2D eigenvalue weighted by Gasteiger charge is 2.47. The van der Waals surface area contributed by atoms with Crippen molar-refractivity contribution in [1.82, 2.24) is 9.80 Å². The lowest BCUT2D eigenvalue weighted by Gasteiger charge is -2.47. The molecule has 0 aromatic heterocycles. The van der Waals surface area contributed by atoms with Crippen molar-refractivity contribution in [2.75, 3.05) is 33.7 Å². The Balaban J connectivity index is 2.03. The molecule has 0 radical (unpaired) electrons. The summed E-state index contributed by atoms with van der Waals surface area (Å²) in [4.78, 5) is 31.0. The SMILES string of the molecule is CC[C@H]1OC(=O)C[C@@H](O)[C@H](C)[C@@H](O[C@@H]2O[C@H](C)[C@@H](O)[C@H](N(C)C)[C@H]2O)[C@@H](CCN2C[C@H](C)C[C@H](C)C2)C[C@@H](C)C(=O)/C=C/C(C)=C/[C@@H]1C. The van der Waals surface area contributed by atoms with Gasteiger partial charge in [0.25, 0.3) is 0 Å². The van der Waals surface area contributed by atoms with Gasteiger partial charge in [-0.15, -0.1) is 0 Å². The summed E-state index contributed by atoms with van der Waals surface area (Å²) in [5, 5.41) is 33.9. The molecule has 0 unspecified atom stereocenters. The number of ether oxygens (including phenoxy) is 3. The number of aliphatic hydroxyl groups excluding tert-OH is 3. The van der Waals surface area contributed by atoms with E-state index in [0.29, 0.717) is 31.1 Å². The van der Waals surface area contributed by atoms with Crippen LogP contribution in [0.25, 0.3) is 0 Å². The summed E-state index contributed by atoms with van der Waals surface area (Å²) >= 11 is 0. The first kappa shape index (κ1) is 40.8. The average Bonchev–Trinajstić information content (AvgIpc) is 3.00. The van der Waals surface area contributed by atoms with E-state index >= 15 is 0 Å². The number of ketones is 1. The first-order valence-corrected chi connectivity index (χ1v) is 18.4. The van der Waals surface area contributed by atoms with Gasteiger partial charge in [0.15, 0.2) is 12.1 Å². The smallest absolute Gasteiger partial charge is 0.308 e. The molecule has 14 atom stereocenters. The molecular formula is C38H66N2O8. The summed E-state index contributed by atoms with van der Waals surface area (Å²) in [5.41, 5.74) is 0.916. The van der Waals surface area contributed by atoms with E-state index < -0.39 is 54.7 Å². The number of carbonyl (C=O) groups excluding carboxylic acids is 2. The minimum atomic E-state index is -1.17. The fourth-order valence-electron chi connectivity index (χ4n) is 8.18. The van der Waals surface area contributed by atoms with Crippen LogP contribution in [0.4, 0.5) is 0 Å². The van der Waals surface area contributed by atoms with Gasteiger partial charge in [-0.2, -0.15) is 0 Å². The van der Waals surface area contributed by atoms with Crippen molar-refractivity contribution in [1.29, 1.82) is 0 Å². The number of piperidine rings is 1. The summed E-state index contributed by atoms with van der Waals surface area (Å²) in [6.45, 7) is 18.8. The van der Waals surface area contributed by atoms with Crippen molar-refractivity contribution in [2.45, 2.75) is 136 Å². The molecule has 0 bridgehead atoms. The molecule has 10 nitrogen and oxygen atoms in total. The molecular weight excluding hydrogens is 612 g/mol. The number of likely N-dealkylation sites (tertiary alicyclic amines) is 1. The minimum absolute atomic E-state index is 0.0107. The maximum absolute atomic E-state index is 13.5. The van der Waals surface area contributed by atoms with Crippen LogP contribution in [0.2, 0.25) is 0 Å². The quantitative estimate of drug-likeness (QED) is 0.337. The molecule has 3 N–H and O–H groups in total. The predicted octanol–water partition coefficient (Wildman–Crippen LogP) is 4.21. The zero-order valence-corrected chi connectivity index (χ0v) is 31.2. The van der Waals surface area contributed by atoms with Crippen molar-refractivity contribution in [3.63, 3.8) is 0 Å². The third-order valence-corrected chi connectivity index (χ3v) is 10.9. The van der Waals surface area contributed by atoms with Gasteiger partial charge in [0.1, 0.15) is 12.2 Å². The van der Waals surface area contributed by atoms with Gasteiger partial charge < -0.3 is 39.3 Å². The van der Waals surface area contributed by atoms with Crippen LogP contribution in [-0.4, -0.2) is 120 Å². The molecule has 2 saturated heterocycles. The number of rotatable bonds is 7. The van der Waals surface area contributed by atoms with Gasteiger partial charge in [0.05, 0.1) is 36.9 Å². The predicted molar refractivity (Wildman–Crippen MR) is 187 cm³/mol. The molecule has 2 fully saturated rings. The molecule has 0 aliphatic carbocycles. The molecule has 276 valence electrons.